The van der Waals surface area contributed by atoms with Crippen LogP contribution in [0.3, 0.4) is 0 Å². The number of ether oxygens (including phenoxy) is 1. The largest absolute Gasteiger partial charge is 0.505 e. The minimum atomic E-state index is -4.52. The molecule has 49 heavy (non-hydrogen) atoms. The van der Waals surface area contributed by atoms with E-state index in [0.29, 0.717) is 36.7 Å². The molecule has 1 aromatic carbocycles. The monoisotopic (exact) mass is 677 g/mol. The molecule has 2 amide bonds. The molecule has 1 saturated heterocycles. The van der Waals surface area contributed by atoms with Gasteiger partial charge in [0.25, 0.3) is 11.5 Å². The van der Waals surface area contributed by atoms with Crippen LogP contribution in [0, 0.1) is 6.92 Å². The number of pyridine rings is 1. The average molecular weight is 678 g/mol. The first-order chi connectivity index (χ1) is 23.5. The number of anilines is 2. The highest BCUT2D eigenvalue weighted by molar-refractivity contribution is 5.96. The van der Waals surface area contributed by atoms with Gasteiger partial charge in [0.05, 0.1) is 30.5 Å². The molecule has 7 rings (SSSR count). The van der Waals surface area contributed by atoms with Crippen LogP contribution in [0.4, 0.5) is 24.5 Å². The van der Waals surface area contributed by atoms with E-state index in [4.69, 9.17) is 4.74 Å². The van der Waals surface area contributed by atoms with Gasteiger partial charge >= 0.3 is 6.18 Å². The SMILES string of the molecule is Cc1c(N2CCN(C(=O)c3c(O)ccc4ccnn34)CC2)c(=O)n2nc(C3=CCOCC3)nc2n1CC(=O)Nc1ccc(C(F)(F)F)cc1. The van der Waals surface area contributed by atoms with E-state index in [9.17, 15) is 32.7 Å². The molecule has 0 aliphatic carbocycles. The van der Waals surface area contributed by atoms with E-state index < -0.39 is 29.1 Å². The Labute approximate surface area is 275 Å². The van der Waals surface area contributed by atoms with E-state index in [1.807, 2.05) is 11.0 Å². The van der Waals surface area contributed by atoms with Crippen molar-refractivity contribution in [3.8, 4) is 5.75 Å². The van der Waals surface area contributed by atoms with Crippen LogP contribution < -0.4 is 15.8 Å². The summed E-state index contributed by atoms with van der Waals surface area (Å²) in [5.74, 6) is -0.743. The lowest BCUT2D eigenvalue weighted by Gasteiger charge is -2.36. The van der Waals surface area contributed by atoms with Gasteiger partial charge in [0.15, 0.2) is 11.5 Å². The summed E-state index contributed by atoms with van der Waals surface area (Å²) >= 11 is 0. The fourth-order valence-corrected chi connectivity index (χ4v) is 6.12. The Bertz CT molecular complexity index is 2180. The Balaban J connectivity index is 1.19. The van der Waals surface area contributed by atoms with Crippen LogP contribution >= 0.6 is 0 Å². The molecular weight excluding hydrogens is 647 g/mol. The molecule has 5 aromatic rings. The number of aromatic nitrogens is 6. The van der Waals surface area contributed by atoms with Crippen molar-refractivity contribution in [3.05, 3.63) is 87.9 Å². The van der Waals surface area contributed by atoms with E-state index in [2.05, 4.69) is 20.5 Å². The maximum atomic E-state index is 14.0. The molecule has 0 unspecified atom stereocenters. The molecular formula is C32H30F3N9O5. The molecule has 2 aliphatic rings. The zero-order valence-corrected chi connectivity index (χ0v) is 26.1. The van der Waals surface area contributed by atoms with Gasteiger partial charge in [0, 0.05) is 37.6 Å². The van der Waals surface area contributed by atoms with Gasteiger partial charge in [-0.1, -0.05) is 6.08 Å². The summed E-state index contributed by atoms with van der Waals surface area (Å²) in [6.45, 7) is 3.13. The van der Waals surface area contributed by atoms with Crippen molar-refractivity contribution >= 4 is 40.1 Å². The highest BCUT2D eigenvalue weighted by Gasteiger charge is 2.31. The van der Waals surface area contributed by atoms with Gasteiger partial charge in [0.2, 0.25) is 11.7 Å². The molecule has 2 aliphatic heterocycles. The number of carbonyl (C=O) groups excluding carboxylic acids is 2. The zero-order chi connectivity index (χ0) is 34.4. The van der Waals surface area contributed by atoms with E-state index in [-0.39, 0.29) is 61.3 Å². The number of piperazine rings is 1. The summed E-state index contributed by atoms with van der Waals surface area (Å²) in [5.41, 5.74) is 1.01. The zero-order valence-electron chi connectivity index (χ0n) is 26.1. The van der Waals surface area contributed by atoms with E-state index >= 15 is 0 Å². The van der Waals surface area contributed by atoms with Gasteiger partial charge < -0.3 is 29.5 Å². The number of nitrogens with one attached hydrogen (secondary N) is 1. The lowest BCUT2D eigenvalue weighted by molar-refractivity contribution is -0.137. The van der Waals surface area contributed by atoms with Crippen LogP contribution in [0.15, 0.2) is 59.5 Å². The number of rotatable bonds is 6. The van der Waals surface area contributed by atoms with Crippen LogP contribution in [0.5, 0.6) is 5.75 Å². The number of amides is 2. The molecule has 4 aromatic heterocycles. The van der Waals surface area contributed by atoms with Gasteiger partial charge in [0.1, 0.15) is 18.0 Å². The van der Waals surface area contributed by atoms with Gasteiger partial charge in [-0.15, -0.1) is 5.10 Å². The first kappa shape index (κ1) is 31.9. The second kappa shape index (κ2) is 12.4. The minimum absolute atomic E-state index is 0.0347. The highest BCUT2D eigenvalue weighted by atomic mass is 19.4. The van der Waals surface area contributed by atoms with Crippen LogP contribution in [-0.2, 0) is 22.3 Å². The Kier molecular flexibility index (Phi) is 8.06. The van der Waals surface area contributed by atoms with E-state index in [1.165, 1.54) is 28.9 Å². The molecule has 254 valence electrons. The third kappa shape index (κ3) is 5.96. The molecule has 0 bridgehead atoms. The van der Waals surface area contributed by atoms with E-state index in [1.54, 1.807) is 28.5 Å². The predicted octanol–water partition coefficient (Wildman–Crippen LogP) is 2.98. The van der Waals surface area contributed by atoms with Gasteiger partial charge in [-0.05, 0) is 61.4 Å². The van der Waals surface area contributed by atoms with E-state index in [0.717, 1.165) is 22.2 Å². The standard InChI is InChI=1S/C32H30F3N9O5/c1-19-26(40-12-14-41(15-13-40)29(47)27-24(45)7-6-23-8-11-36-43(23)27)30(48)44-31(38-28(39-44)20-9-16-49-17-10-20)42(19)18-25(46)37-22-4-2-21(3-5-22)32(33,34)35/h2-9,11,45H,10,12-18H2,1H3,(H,37,46). The molecule has 0 atom stereocenters. The number of halogens is 3. The summed E-state index contributed by atoms with van der Waals surface area (Å²) in [6.07, 6.45) is -0.623. The fourth-order valence-electron chi connectivity index (χ4n) is 6.12. The lowest BCUT2D eigenvalue weighted by Crippen LogP contribution is -2.51. The Hall–Kier alpha value is -5.71. The molecule has 0 saturated carbocycles. The summed E-state index contributed by atoms with van der Waals surface area (Å²) in [6, 6.07) is 8.90. The fraction of sp³-hybridized carbons (Fsp3) is 0.312. The number of aromatic hydroxyl groups is 1. The van der Waals surface area contributed by atoms with Crippen molar-refractivity contribution < 1.29 is 32.6 Å². The summed E-state index contributed by atoms with van der Waals surface area (Å²) in [7, 11) is 0. The quantitative estimate of drug-likeness (QED) is 0.277. The second-order valence-electron chi connectivity index (χ2n) is 11.7. The van der Waals surface area contributed by atoms with Crippen molar-refractivity contribution in [2.75, 3.05) is 49.6 Å². The van der Waals surface area contributed by atoms with Crippen LogP contribution in [0.2, 0.25) is 0 Å². The number of fused-ring (bicyclic) bond motifs is 2. The maximum Gasteiger partial charge on any atom is 0.416 e. The van der Waals surface area contributed by atoms with Crippen molar-refractivity contribution in [1.29, 1.82) is 0 Å². The number of benzene rings is 1. The summed E-state index contributed by atoms with van der Waals surface area (Å²) < 4.78 is 48.6. The van der Waals surface area contributed by atoms with Crippen molar-refractivity contribution in [3.63, 3.8) is 0 Å². The van der Waals surface area contributed by atoms with Gasteiger partial charge in [-0.25, -0.2) is 4.52 Å². The first-order valence-electron chi connectivity index (χ1n) is 15.4. The Morgan fingerprint density at radius 2 is 1.78 bits per heavy atom. The second-order valence-corrected chi connectivity index (χ2v) is 11.7. The predicted molar refractivity (Wildman–Crippen MR) is 170 cm³/mol. The number of hydrogen-bond donors (Lipinski definition) is 2. The molecule has 17 heteroatoms. The minimum Gasteiger partial charge on any atom is -0.505 e. The normalized spacial score (nSPS) is 15.6. The molecule has 0 radical (unpaired) electrons. The van der Waals surface area contributed by atoms with Gasteiger partial charge in [-0.3, -0.25) is 14.4 Å². The Morgan fingerprint density at radius 1 is 1.02 bits per heavy atom. The number of alkyl halides is 3. The molecule has 14 nitrogen and oxygen atoms in total. The first-order valence-corrected chi connectivity index (χ1v) is 15.4. The molecule has 1 fully saturated rings. The van der Waals surface area contributed by atoms with Crippen LogP contribution in [-0.4, -0.2) is 90.0 Å². The number of hydrogen-bond acceptors (Lipinski definition) is 9. The highest BCUT2D eigenvalue weighted by Crippen LogP contribution is 2.30. The average Bonchev–Trinajstić information content (AvgIpc) is 3.75. The van der Waals surface area contributed by atoms with Crippen molar-refractivity contribution in [2.45, 2.75) is 26.1 Å². The Morgan fingerprint density at radius 3 is 2.47 bits per heavy atom. The molecule has 2 N–H and O–H groups in total. The van der Waals surface area contributed by atoms with Crippen molar-refractivity contribution in [1.82, 2.24) is 33.7 Å². The van der Waals surface area contributed by atoms with Crippen LogP contribution in [0.1, 0.15) is 34.0 Å². The van der Waals surface area contributed by atoms with Gasteiger partial charge in [-0.2, -0.15) is 27.8 Å². The maximum absolute atomic E-state index is 14.0. The number of carbonyl (C=O) groups is 2. The third-order valence-electron chi connectivity index (χ3n) is 8.65. The number of nitrogens with zero attached hydrogens (tertiary/aromatic N) is 8. The van der Waals surface area contributed by atoms with Crippen LogP contribution in [0.25, 0.3) is 16.9 Å². The lowest BCUT2D eigenvalue weighted by atomic mass is 10.1. The topological polar surface area (TPSA) is 152 Å². The summed E-state index contributed by atoms with van der Waals surface area (Å²) in [4.78, 5) is 48.8. The van der Waals surface area contributed by atoms with Crippen molar-refractivity contribution in [2.24, 2.45) is 0 Å². The summed E-state index contributed by atoms with van der Waals surface area (Å²) in [5, 5.41) is 21.8. The smallest absolute Gasteiger partial charge is 0.416 e. The molecule has 6 heterocycles. The third-order valence-corrected chi connectivity index (χ3v) is 8.65. The molecule has 0 spiro atoms.